The maximum Gasteiger partial charge on any atom is 0.339 e. The summed E-state index contributed by atoms with van der Waals surface area (Å²) in [6.45, 7) is 6.41. The van der Waals surface area contributed by atoms with Crippen molar-refractivity contribution in [2.45, 2.75) is 33.2 Å². The minimum atomic E-state index is -0.452. The summed E-state index contributed by atoms with van der Waals surface area (Å²) < 4.78 is 5.04. The Morgan fingerprint density at radius 3 is 2.52 bits per heavy atom. The Morgan fingerprint density at radius 2 is 1.89 bits per heavy atom. The van der Waals surface area contributed by atoms with E-state index in [1.54, 1.807) is 25.1 Å². The maximum absolute atomic E-state index is 12.0. The molecule has 0 spiro atoms. The van der Waals surface area contributed by atoms with Crippen LogP contribution in [-0.2, 0) is 4.74 Å². The molecule has 0 aliphatic carbocycles. The normalized spacial score (nSPS) is 11.7. The zero-order valence-electron chi connectivity index (χ0n) is 15.8. The van der Waals surface area contributed by atoms with Crippen LogP contribution in [0.2, 0.25) is 5.02 Å². The third kappa shape index (κ3) is 6.52. The van der Waals surface area contributed by atoms with Crippen LogP contribution in [0.1, 0.15) is 49.2 Å². The molecule has 0 heterocycles. The van der Waals surface area contributed by atoms with Crippen molar-refractivity contribution in [3.63, 3.8) is 0 Å². The van der Waals surface area contributed by atoms with E-state index in [4.69, 9.17) is 28.6 Å². The molecule has 1 atom stereocenters. The molecule has 2 aromatic rings. The van der Waals surface area contributed by atoms with E-state index in [-0.39, 0.29) is 6.04 Å². The van der Waals surface area contributed by atoms with Gasteiger partial charge in [-0.25, -0.2) is 4.79 Å². The van der Waals surface area contributed by atoms with E-state index < -0.39 is 5.97 Å². The molecule has 4 nitrogen and oxygen atoms in total. The minimum Gasteiger partial charge on any atom is -0.462 e. The zero-order valence-corrected chi connectivity index (χ0v) is 17.4. The maximum atomic E-state index is 12.0. The number of carbonyl (C=O) groups excluding carboxylic acids is 1. The van der Waals surface area contributed by atoms with Gasteiger partial charge in [0, 0.05) is 5.69 Å². The second kappa shape index (κ2) is 10.3. The van der Waals surface area contributed by atoms with Crippen molar-refractivity contribution < 1.29 is 9.53 Å². The third-order valence-electron chi connectivity index (χ3n) is 3.93. The highest BCUT2D eigenvalue weighted by Crippen LogP contribution is 2.23. The predicted molar refractivity (Wildman–Crippen MR) is 115 cm³/mol. The van der Waals surface area contributed by atoms with Gasteiger partial charge in [0.1, 0.15) is 0 Å². The minimum absolute atomic E-state index is 0.100. The number of rotatable bonds is 7. The first-order valence-corrected chi connectivity index (χ1v) is 9.78. The Bertz CT molecular complexity index is 781. The van der Waals surface area contributed by atoms with Crippen LogP contribution in [0.25, 0.3) is 0 Å². The first-order chi connectivity index (χ1) is 12.9. The monoisotopic (exact) mass is 404 g/mol. The molecule has 0 radical (unpaired) electrons. The predicted octanol–water partition coefficient (Wildman–Crippen LogP) is 5.59. The summed E-state index contributed by atoms with van der Waals surface area (Å²) in [4.78, 5) is 12.0. The van der Waals surface area contributed by atoms with Gasteiger partial charge in [-0.1, -0.05) is 55.8 Å². The number of hydrogen-bond acceptors (Lipinski definition) is 3. The molecule has 2 aromatic carbocycles. The summed E-state index contributed by atoms with van der Waals surface area (Å²) >= 11 is 11.6. The molecule has 0 aromatic heterocycles. The first-order valence-electron chi connectivity index (χ1n) is 8.99. The molecule has 144 valence electrons. The van der Waals surface area contributed by atoms with Crippen LogP contribution in [0.4, 0.5) is 5.69 Å². The van der Waals surface area contributed by atoms with E-state index in [1.807, 2.05) is 18.2 Å². The quantitative estimate of drug-likeness (QED) is 0.465. The number of anilines is 1. The fourth-order valence-electron chi connectivity index (χ4n) is 2.73. The van der Waals surface area contributed by atoms with Gasteiger partial charge in [-0.15, -0.1) is 0 Å². The molecule has 0 fully saturated rings. The summed E-state index contributed by atoms with van der Waals surface area (Å²) in [5.74, 6) is 0.0588. The number of ether oxygens (including phenoxy) is 1. The van der Waals surface area contributed by atoms with Crippen LogP contribution < -0.4 is 10.6 Å². The van der Waals surface area contributed by atoms with Crippen molar-refractivity contribution in [1.82, 2.24) is 5.32 Å². The summed E-state index contributed by atoms with van der Waals surface area (Å²) in [6, 6.07) is 15.4. The van der Waals surface area contributed by atoms with Gasteiger partial charge in [-0.2, -0.15) is 0 Å². The number of hydrogen-bond donors (Lipinski definition) is 2. The van der Waals surface area contributed by atoms with Crippen molar-refractivity contribution in [2.75, 3.05) is 11.9 Å². The number of halogens is 1. The van der Waals surface area contributed by atoms with Crippen LogP contribution in [0.5, 0.6) is 0 Å². The SMILES string of the molecule is CCOC(=O)c1cc(NC(=S)N[C@H](CC(C)C)c2ccccc2)ccc1Cl. The van der Waals surface area contributed by atoms with Crippen LogP contribution >= 0.6 is 23.8 Å². The summed E-state index contributed by atoms with van der Waals surface area (Å²) in [6.07, 6.45) is 0.945. The molecule has 0 aliphatic heterocycles. The van der Waals surface area contributed by atoms with Gasteiger partial charge < -0.3 is 15.4 Å². The Morgan fingerprint density at radius 1 is 1.19 bits per heavy atom. The van der Waals surface area contributed by atoms with Crippen molar-refractivity contribution in [1.29, 1.82) is 0 Å². The lowest BCUT2D eigenvalue weighted by Gasteiger charge is -2.23. The number of benzene rings is 2. The lowest BCUT2D eigenvalue weighted by molar-refractivity contribution is 0.0526. The van der Waals surface area contributed by atoms with Crippen molar-refractivity contribution in [3.8, 4) is 0 Å². The number of thiocarbonyl (C=S) groups is 1. The average molecular weight is 405 g/mol. The van der Waals surface area contributed by atoms with E-state index in [1.165, 1.54) is 5.56 Å². The lowest BCUT2D eigenvalue weighted by Crippen LogP contribution is -2.33. The van der Waals surface area contributed by atoms with Gasteiger partial charge in [0.05, 0.1) is 23.2 Å². The summed E-state index contributed by atoms with van der Waals surface area (Å²) in [5.41, 5.74) is 2.17. The molecule has 2 rings (SSSR count). The zero-order chi connectivity index (χ0) is 19.8. The molecule has 0 bridgehead atoms. The highest BCUT2D eigenvalue weighted by atomic mass is 35.5. The highest BCUT2D eigenvalue weighted by Gasteiger charge is 2.16. The van der Waals surface area contributed by atoms with Crippen molar-refractivity contribution >= 4 is 40.6 Å². The van der Waals surface area contributed by atoms with Gasteiger partial charge in [0.15, 0.2) is 5.11 Å². The molecule has 0 unspecified atom stereocenters. The number of esters is 1. The van der Waals surface area contributed by atoms with Crippen molar-refractivity contribution in [3.05, 3.63) is 64.7 Å². The molecule has 27 heavy (non-hydrogen) atoms. The van der Waals surface area contributed by atoms with E-state index in [2.05, 4.69) is 36.6 Å². The summed E-state index contributed by atoms with van der Waals surface area (Å²) in [7, 11) is 0. The second-order valence-electron chi connectivity index (χ2n) is 6.61. The molecule has 0 saturated carbocycles. The topological polar surface area (TPSA) is 50.4 Å². The average Bonchev–Trinajstić information content (AvgIpc) is 2.63. The fraction of sp³-hybridized carbons (Fsp3) is 0.333. The Balaban J connectivity index is 2.11. The largest absolute Gasteiger partial charge is 0.462 e. The van der Waals surface area contributed by atoms with Crippen LogP contribution in [-0.4, -0.2) is 17.7 Å². The standard InChI is InChI=1S/C21H25ClN2O2S/c1-4-26-20(25)17-13-16(10-11-18(17)22)23-21(27)24-19(12-14(2)3)15-8-6-5-7-9-15/h5-11,13-14,19H,4,12H2,1-3H3,(H2,23,24,27)/t19-/m1/s1. The van der Waals surface area contributed by atoms with Crippen LogP contribution in [0.3, 0.4) is 0 Å². The molecule has 6 heteroatoms. The van der Waals surface area contributed by atoms with E-state index >= 15 is 0 Å². The van der Waals surface area contributed by atoms with Crippen molar-refractivity contribution in [2.24, 2.45) is 5.92 Å². The van der Waals surface area contributed by atoms with E-state index in [0.717, 1.165) is 6.42 Å². The fourth-order valence-corrected chi connectivity index (χ4v) is 3.18. The van der Waals surface area contributed by atoms with Gasteiger partial charge in [0.25, 0.3) is 0 Å². The molecular weight excluding hydrogens is 380 g/mol. The molecule has 0 amide bonds. The molecule has 2 N–H and O–H groups in total. The lowest BCUT2D eigenvalue weighted by atomic mass is 9.97. The summed E-state index contributed by atoms with van der Waals surface area (Å²) in [5, 5.41) is 7.34. The second-order valence-corrected chi connectivity index (χ2v) is 7.42. The van der Waals surface area contributed by atoms with Gasteiger partial charge in [0.2, 0.25) is 0 Å². The highest BCUT2D eigenvalue weighted by molar-refractivity contribution is 7.80. The molecule has 0 saturated heterocycles. The first kappa shape index (κ1) is 21.2. The van der Waals surface area contributed by atoms with Gasteiger partial charge in [-0.05, 0) is 55.2 Å². The smallest absolute Gasteiger partial charge is 0.339 e. The van der Waals surface area contributed by atoms with E-state index in [9.17, 15) is 4.79 Å². The van der Waals surface area contributed by atoms with Crippen LogP contribution in [0, 0.1) is 5.92 Å². The Labute approximate surface area is 171 Å². The van der Waals surface area contributed by atoms with Gasteiger partial charge >= 0.3 is 5.97 Å². The van der Waals surface area contributed by atoms with Crippen LogP contribution in [0.15, 0.2) is 48.5 Å². The van der Waals surface area contributed by atoms with Gasteiger partial charge in [-0.3, -0.25) is 0 Å². The third-order valence-corrected chi connectivity index (χ3v) is 4.48. The number of nitrogens with one attached hydrogen (secondary N) is 2. The Kier molecular flexibility index (Phi) is 8.07. The molecule has 0 aliphatic rings. The molecular formula is C21H25ClN2O2S. The Hall–Kier alpha value is -2.11. The number of carbonyl (C=O) groups is 1. The van der Waals surface area contributed by atoms with E-state index in [0.29, 0.717) is 33.9 Å².